The highest BCUT2D eigenvalue weighted by molar-refractivity contribution is 5.81. The summed E-state index contributed by atoms with van der Waals surface area (Å²) in [6.45, 7) is 0.418. The van der Waals surface area contributed by atoms with Crippen LogP contribution in [-0.4, -0.2) is 19.6 Å². The number of hydrogen-bond donors (Lipinski definition) is 1. The lowest BCUT2D eigenvalue weighted by molar-refractivity contribution is -0.122. The van der Waals surface area contributed by atoms with E-state index in [4.69, 9.17) is 4.74 Å². The number of amides is 1. The van der Waals surface area contributed by atoms with Crippen molar-refractivity contribution < 1.29 is 9.53 Å². The van der Waals surface area contributed by atoms with Gasteiger partial charge in [0.05, 0.1) is 13.7 Å². The molecule has 2 rings (SSSR count). The molecular formula is C14H15NO2. The number of carbonyl (C=O) groups is 1. The Morgan fingerprint density at radius 1 is 1.41 bits per heavy atom. The van der Waals surface area contributed by atoms with Crippen LogP contribution in [0.5, 0.6) is 5.75 Å². The van der Waals surface area contributed by atoms with Crippen LogP contribution in [0, 0.1) is 17.8 Å². The normalized spacial score (nSPS) is 13.5. The molecule has 3 nitrogen and oxygen atoms in total. The van der Waals surface area contributed by atoms with Crippen LogP contribution in [0.1, 0.15) is 18.4 Å². The number of benzene rings is 1. The van der Waals surface area contributed by atoms with Crippen LogP contribution in [0.4, 0.5) is 0 Å². The van der Waals surface area contributed by atoms with Crippen molar-refractivity contribution in [2.45, 2.75) is 12.8 Å². The van der Waals surface area contributed by atoms with Gasteiger partial charge in [-0.25, -0.2) is 0 Å². The zero-order valence-electron chi connectivity index (χ0n) is 9.82. The Balaban J connectivity index is 1.80. The maximum Gasteiger partial charge on any atom is 0.223 e. The van der Waals surface area contributed by atoms with E-state index in [0.29, 0.717) is 6.54 Å². The summed E-state index contributed by atoms with van der Waals surface area (Å²) in [6.07, 6.45) is 2.05. The first kappa shape index (κ1) is 11.5. The summed E-state index contributed by atoms with van der Waals surface area (Å²) in [4.78, 5) is 11.3. The van der Waals surface area contributed by atoms with Gasteiger partial charge in [-0.3, -0.25) is 4.79 Å². The van der Waals surface area contributed by atoms with Gasteiger partial charge < -0.3 is 10.1 Å². The van der Waals surface area contributed by atoms with Gasteiger partial charge in [0.1, 0.15) is 5.75 Å². The third-order valence-corrected chi connectivity index (χ3v) is 2.62. The van der Waals surface area contributed by atoms with Gasteiger partial charge in [-0.1, -0.05) is 11.8 Å². The SMILES string of the molecule is COc1ccc(C#CCNC(=O)C2CC2)cc1. The fourth-order valence-electron chi connectivity index (χ4n) is 1.44. The van der Waals surface area contributed by atoms with Crippen LogP contribution in [0.2, 0.25) is 0 Å². The highest BCUT2D eigenvalue weighted by Gasteiger charge is 2.28. The lowest BCUT2D eigenvalue weighted by atomic mass is 10.2. The van der Waals surface area contributed by atoms with Gasteiger partial charge in [-0.15, -0.1) is 0 Å². The molecule has 0 saturated heterocycles. The second-order valence-electron chi connectivity index (χ2n) is 4.02. The molecule has 3 heteroatoms. The molecule has 1 fully saturated rings. The van der Waals surface area contributed by atoms with Crippen LogP contribution in [0.15, 0.2) is 24.3 Å². The van der Waals surface area contributed by atoms with Crippen molar-refractivity contribution in [1.82, 2.24) is 5.32 Å². The van der Waals surface area contributed by atoms with E-state index in [9.17, 15) is 4.79 Å². The maximum atomic E-state index is 11.3. The smallest absolute Gasteiger partial charge is 0.223 e. The summed E-state index contributed by atoms with van der Waals surface area (Å²) in [6, 6.07) is 7.53. The van der Waals surface area contributed by atoms with E-state index in [1.807, 2.05) is 24.3 Å². The molecule has 0 atom stereocenters. The molecule has 0 radical (unpaired) electrons. The zero-order valence-corrected chi connectivity index (χ0v) is 9.82. The molecular weight excluding hydrogens is 214 g/mol. The molecule has 1 N–H and O–H groups in total. The molecule has 0 heterocycles. The first-order valence-electron chi connectivity index (χ1n) is 5.70. The van der Waals surface area contributed by atoms with Crippen LogP contribution >= 0.6 is 0 Å². The van der Waals surface area contributed by atoms with Gasteiger partial charge in [0.25, 0.3) is 0 Å². The van der Waals surface area contributed by atoms with Crippen LogP contribution in [0.3, 0.4) is 0 Å². The highest BCUT2D eigenvalue weighted by Crippen LogP contribution is 2.28. The first-order valence-corrected chi connectivity index (χ1v) is 5.70. The molecule has 1 amide bonds. The number of methoxy groups -OCH3 is 1. The molecule has 1 aromatic rings. The fourth-order valence-corrected chi connectivity index (χ4v) is 1.44. The van der Waals surface area contributed by atoms with E-state index in [1.54, 1.807) is 7.11 Å². The molecule has 1 aliphatic carbocycles. The molecule has 17 heavy (non-hydrogen) atoms. The Morgan fingerprint density at radius 3 is 2.71 bits per heavy atom. The fraction of sp³-hybridized carbons (Fsp3) is 0.357. The summed E-state index contributed by atoms with van der Waals surface area (Å²) in [5, 5.41) is 2.80. The molecule has 88 valence electrons. The van der Waals surface area contributed by atoms with E-state index < -0.39 is 0 Å². The van der Waals surface area contributed by atoms with E-state index in [2.05, 4.69) is 17.2 Å². The van der Waals surface area contributed by atoms with E-state index in [0.717, 1.165) is 24.2 Å². The van der Waals surface area contributed by atoms with Gasteiger partial charge in [0.15, 0.2) is 0 Å². The summed E-state index contributed by atoms with van der Waals surface area (Å²) >= 11 is 0. The molecule has 0 spiro atoms. The molecule has 1 aromatic carbocycles. The van der Waals surface area contributed by atoms with Crippen molar-refractivity contribution in [2.24, 2.45) is 5.92 Å². The predicted octanol–water partition coefficient (Wildman–Crippen LogP) is 1.57. The second kappa shape index (κ2) is 5.40. The second-order valence-corrected chi connectivity index (χ2v) is 4.02. The quantitative estimate of drug-likeness (QED) is 0.799. The third kappa shape index (κ3) is 3.53. The molecule has 0 unspecified atom stereocenters. The largest absolute Gasteiger partial charge is 0.497 e. The molecule has 1 aliphatic rings. The number of rotatable bonds is 3. The third-order valence-electron chi connectivity index (χ3n) is 2.62. The van der Waals surface area contributed by atoms with Gasteiger partial charge in [-0.05, 0) is 37.1 Å². The van der Waals surface area contributed by atoms with E-state index >= 15 is 0 Å². The number of carbonyl (C=O) groups excluding carboxylic acids is 1. The number of nitrogens with one attached hydrogen (secondary N) is 1. The Kier molecular flexibility index (Phi) is 3.66. The summed E-state index contributed by atoms with van der Waals surface area (Å²) < 4.78 is 5.05. The molecule has 0 aliphatic heterocycles. The minimum absolute atomic E-state index is 0.133. The van der Waals surface area contributed by atoms with Crippen LogP contribution < -0.4 is 10.1 Å². The number of ether oxygens (including phenoxy) is 1. The lowest BCUT2D eigenvalue weighted by Crippen LogP contribution is -2.24. The minimum atomic E-state index is 0.133. The Labute approximate surface area is 101 Å². The monoisotopic (exact) mass is 229 g/mol. The van der Waals surface area contributed by atoms with Gasteiger partial charge >= 0.3 is 0 Å². The van der Waals surface area contributed by atoms with Gasteiger partial charge in [-0.2, -0.15) is 0 Å². The Hall–Kier alpha value is -1.95. The summed E-state index contributed by atoms with van der Waals surface area (Å²) in [7, 11) is 1.63. The Morgan fingerprint density at radius 2 is 2.12 bits per heavy atom. The van der Waals surface area contributed by atoms with Crippen LogP contribution in [0.25, 0.3) is 0 Å². The Bertz CT molecular complexity index is 449. The van der Waals surface area contributed by atoms with Crippen LogP contribution in [-0.2, 0) is 4.79 Å². The summed E-state index contributed by atoms with van der Waals surface area (Å²) in [5.74, 6) is 7.12. The minimum Gasteiger partial charge on any atom is -0.497 e. The zero-order chi connectivity index (χ0) is 12.1. The van der Waals surface area contributed by atoms with Crippen molar-refractivity contribution in [3.63, 3.8) is 0 Å². The maximum absolute atomic E-state index is 11.3. The molecule has 0 aromatic heterocycles. The topological polar surface area (TPSA) is 38.3 Å². The van der Waals surface area contributed by atoms with E-state index in [1.165, 1.54) is 0 Å². The van der Waals surface area contributed by atoms with Gasteiger partial charge in [0.2, 0.25) is 5.91 Å². The van der Waals surface area contributed by atoms with Crippen molar-refractivity contribution in [1.29, 1.82) is 0 Å². The summed E-state index contributed by atoms with van der Waals surface area (Å²) in [5.41, 5.74) is 0.923. The van der Waals surface area contributed by atoms with Gasteiger partial charge in [0, 0.05) is 11.5 Å². The van der Waals surface area contributed by atoms with Crippen molar-refractivity contribution in [2.75, 3.05) is 13.7 Å². The predicted molar refractivity (Wildman–Crippen MR) is 65.6 cm³/mol. The number of hydrogen-bond acceptors (Lipinski definition) is 2. The average Bonchev–Trinajstić information content (AvgIpc) is 3.19. The molecule has 0 bridgehead atoms. The van der Waals surface area contributed by atoms with Crippen molar-refractivity contribution in [3.8, 4) is 17.6 Å². The highest BCUT2D eigenvalue weighted by atomic mass is 16.5. The van der Waals surface area contributed by atoms with Crippen molar-refractivity contribution in [3.05, 3.63) is 29.8 Å². The van der Waals surface area contributed by atoms with Crippen molar-refractivity contribution >= 4 is 5.91 Å². The lowest BCUT2D eigenvalue weighted by Gasteiger charge is -1.98. The standard InChI is InChI=1S/C14H15NO2/c1-17-13-8-4-11(5-9-13)3-2-10-15-14(16)12-6-7-12/h4-5,8-9,12H,6-7,10H2,1H3,(H,15,16). The first-order chi connectivity index (χ1) is 8.29. The average molecular weight is 229 g/mol. The van der Waals surface area contributed by atoms with E-state index in [-0.39, 0.29) is 11.8 Å². The molecule has 1 saturated carbocycles.